The first-order valence-corrected chi connectivity index (χ1v) is 9.07. The van der Waals surface area contributed by atoms with E-state index in [1.54, 1.807) is 32.0 Å². The molecule has 0 spiro atoms. The molecule has 0 saturated heterocycles. The van der Waals surface area contributed by atoms with Gasteiger partial charge < -0.3 is 14.8 Å². The molecule has 0 amide bonds. The number of benzene rings is 2. The van der Waals surface area contributed by atoms with E-state index in [9.17, 15) is 13.2 Å². The summed E-state index contributed by atoms with van der Waals surface area (Å²) in [6.45, 7) is 3.84. The summed E-state index contributed by atoms with van der Waals surface area (Å²) in [6.07, 6.45) is -2.86. The van der Waals surface area contributed by atoms with Crippen molar-refractivity contribution < 1.29 is 22.6 Å². The highest BCUT2D eigenvalue weighted by Crippen LogP contribution is 2.32. The van der Waals surface area contributed by atoms with Crippen LogP contribution in [-0.2, 0) is 22.2 Å². The number of tetrazole rings is 1. The molecule has 1 N–H and O–H groups in total. The molecule has 156 valence electrons. The van der Waals surface area contributed by atoms with Gasteiger partial charge in [0, 0.05) is 30.8 Å². The lowest BCUT2D eigenvalue weighted by atomic mass is 10.1. The summed E-state index contributed by atoms with van der Waals surface area (Å²) < 4.78 is 49.3. The van der Waals surface area contributed by atoms with Crippen LogP contribution < -0.4 is 5.32 Å². The normalized spacial score (nSPS) is 15.3. The summed E-state index contributed by atoms with van der Waals surface area (Å²) >= 11 is 0. The molecule has 0 aliphatic carbocycles. The second-order valence-corrected chi connectivity index (χ2v) is 7.09. The molecular formula is C20H18F3N5O2. The number of nitrogens with zero attached hydrogens (tertiary/aromatic N) is 4. The van der Waals surface area contributed by atoms with Crippen molar-refractivity contribution in [2.75, 3.05) is 5.32 Å². The lowest BCUT2D eigenvalue weighted by Crippen LogP contribution is -2.21. The third-order valence-electron chi connectivity index (χ3n) is 4.26. The summed E-state index contributed by atoms with van der Waals surface area (Å²) in [6, 6.07) is 12.0. The van der Waals surface area contributed by atoms with E-state index in [4.69, 9.17) is 9.47 Å². The fourth-order valence-electron chi connectivity index (χ4n) is 2.88. The van der Waals surface area contributed by atoms with E-state index >= 15 is 0 Å². The molecule has 0 fully saturated rings. The maximum Gasteiger partial charge on any atom is 0.416 e. The Balaban J connectivity index is 1.52. The van der Waals surface area contributed by atoms with Crippen molar-refractivity contribution in [2.45, 2.75) is 32.4 Å². The van der Waals surface area contributed by atoms with E-state index in [-0.39, 0.29) is 6.54 Å². The van der Waals surface area contributed by atoms with E-state index in [1.165, 1.54) is 23.2 Å². The Morgan fingerprint density at radius 3 is 2.47 bits per heavy atom. The molecule has 0 saturated carbocycles. The molecule has 2 aromatic carbocycles. The predicted molar refractivity (Wildman–Crippen MR) is 102 cm³/mol. The van der Waals surface area contributed by atoms with Gasteiger partial charge in [0.05, 0.1) is 5.56 Å². The van der Waals surface area contributed by atoms with Gasteiger partial charge in [-0.15, -0.1) is 10.2 Å². The van der Waals surface area contributed by atoms with Crippen LogP contribution in [-0.4, -0.2) is 26.0 Å². The fourth-order valence-corrected chi connectivity index (χ4v) is 2.88. The van der Waals surface area contributed by atoms with E-state index in [2.05, 4.69) is 20.7 Å². The molecule has 1 aliphatic rings. The van der Waals surface area contributed by atoms with Gasteiger partial charge in [0.25, 0.3) is 0 Å². The minimum atomic E-state index is -4.38. The molecule has 1 aromatic heterocycles. The van der Waals surface area contributed by atoms with E-state index < -0.39 is 17.5 Å². The second kappa shape index (κ2) is 7.36. The molecule has 2 heterocycles. The van der Waals surface area contributed by atoms with Crippen LogP contribution in [0.3, 0.4) is 0 Å². The number of anilines is 2. The van der Waals surface area contributed by atoms with E-state index in [0.717, 1.165) is 12.1 Å². The highest BCUT2D eigenvalue weighted by molar-refractivity contribution is 5.77. The molecule has 30 heavy (non-hydrogen) atoms. The number of para-hydroxylation sites is 1. The van der Waals surface area contributed by atoms with Crippen LogP contribution in [0.4, 0.5) is 24.5 Å². The minimum absolute atomic E-state index is 0.255. The molecule has 7 nitrogen and oxygen atoms in total. The predicted octanol–water partition coefficient (Wildman–Crippen LogP) is 4.73. The minimum Gasteiger partial charge on any atom is -0.457 e. The highest BCUT2D eigenvalue weighted by atomic mass is 19.4. The Bertz CT molecular complexity index is 1070. The van der Waals surface area contributed by atoms with Crippen LogP contribution in [0.15, 0.2) is 60.6 Å². The highest BCUT2D eigenvalue weighted by Gasteiger charge is 2.30. The number of alkyl halides is 3. The Kier molecular flexibility index (Phi) is 4.84. The van der Waals surface area contributed by atoms with Gasteiger partial charge in [-0.2, -0.15) is 18.0 Å². The average Bonchev–Trinajstić information content (AvgIpc) is 3.28. The monoisotopic (exact) mass is 417 g/mol. The first kappa shape index (κ1) is 19.7. The van der Waals surface area contributed by atoms with Crippen LogP contribution in [0, 0.1) is 0 Å². The van der Waals surface area contributed by atoms with Crippen molar-refractivity contribution >= 4 is 11.4 Å². The van der Waals surface area contributed by atoms with Crippen LogP contribution in [0.5, 0.6) is 0 Å². The van der Waals surface area contributed by atoms with Gasteiger partial charge in [0.2, 0.25) is 11.6 Å². The fraction of sp³-hybridized carbons (Fsp3) is 0.250. The smallest absolute Gasteiger partial charge is 0.416 e. The number of allylic oxidation sites excluding steroid dienone is 1. The Labute approximate surface area is 170 Å². The first-order chi connectivity index (χ1) is 14.2. The summed E-state index contributed by atoms with van der Waals surface area (Å²) in [5.41, 5.74) is 1.09. The van der Waals surface area contributed by atoms with Gasteiger partial charge in [-0.25, -0.2) is 0 Å². The van der Waals surface area contributed by atoms with Crippen molar-refractivity contribution in [1.29, 1.82) is 0 Å². The SMILES string of the molecule is CC1(C)OC=C(Cn2nnc(-c3ccccc3Nc3ccc(C(F)(F)F)cc3)n2)O1. The third-order valence-corrected chi connectivity index (χ3v) is 4.26. The molecule has 0 atom stereocenters. The van der Waals surface area contributed by atoms with Gasteiger partial charge in [-0.3, -0.25) is 0 Å². The van der Waals surface area contributed by atoms with Crippen molar-refractivity contribution in [1.82, 2.24) is 20.2 Å². The largest absolute Gasteiger partial charge is 0.457 e. The number of ether oxygens (including phenoxy) is 2. The molecule has 0 radical (unpaired) electrons. The average molecular weight is 417 g/mol. The standard InChI is InChI=1S/C20H18F3N5O2/c1-19(2)29-12-15(30-19)11-28-26-18(25-27-28)16-5-3-4-6-17(16)24-14-9-7-13(8-10-14)20(21,22)23/h3-10,12,24H,11H2,1-2H3. The maximum atomic E-state index is 12.8. The van der Waals surface area contributed by atoms with Gasteiger partial charge >= 0.3 is 6.18 Å². The topological polar surface area (TPSA) is 74.1 Å². The molecule has 10 heteroatoms. The van der Waals surface area contributed by atoms with Gasteiger partial charge in [0.15, 0.2) is 5.76 Å². The summed E-state index contributed by atoms with van der Waals surface area (Å²) in [4.78, 5) is 1.38. The van der Waals surface area contributed by atoms with Crippen molar-refractivity contribution in [3.63, 3.8) is 0 Å². The Morgan fingerprint density at radius 2 is 1.80 bits per heavy atom. The molecule has 4 rings (SSSR count). The summed E-state index contributed by atoms with van der Waals surface area (Å²) in [5.74, 6) is 0.209. The van der Waals surface area contributed by atoms with Crippen molar-refractivity contribution in [3.8, 4) is 11.4 Å². The van der Waals surface area contributed by atoms with E-state index in [0.29, 0.717) is 28.5 Å². The van der Waals surface area contributed by atoms with Crippen LogP contribution >= 0.6 is 0 Å². The lowest BCUT2D eigenvalue weighted by molar-refractivity contribution is -0.137. The van der Waals surface area contributed by atoms with Crippen LogP contribution in [0.1, 0.15) is 19.4 Å². The third kappa shape index (κ3) is 4.37. The number of hydrogen-bond acceptors (Lipinski definition) is 6. The van der Waals surface area contributed by atoms with Crippen molar-refractivity contribution in [2.24, 2.45) is 0 Å². The first-order valence-electron chi connectivity index (χ1n) is 9.07. The van der Waals surface area contributed by atoms with Crippen LogP contribution in [0.2, 0.25) is 0 Å². The van der Waals surface area contributed by atoms with E-state index in [1.807, 2.05) is 6.07 Å². The van der Waals surface area contributed by atoms with Crippen molar-refractivity contribution in [3.05, 3.63) is 66.1 Å². The van der Waals surface area contributed by atoms with Gasteiger partial charge in [0.1, 0.15) is 12.8 Å². The number of aromatic nitrogens is 4. The molecule has 1 aliphatic heterocycles. The number of halogens is 3. The zero-order valence-electron chi connectivity index (χ0n) is 16.1. The molecule has 0 unspecified atom stereocenters. The number of hydrogen-bond donors (Lipinski definition) is 1. The number of rotatable bonds is 5. The molecule has 3 aromatic rings. The Hall–Kier alpha value is -3.56. The maximum absolute atomic E-state index is 12.8. The molecular weight excluding hydrogens is 399 g/mol. The lowest BCUT2D eigenvalue weighted by Gasteiger charge is -2.17. The summed E-state index contributed by atoms with van der Waals surface area (Å²) in [7, 11) is 0. The van der Waals surface area contributed by atoms with Gasteiger partial charge in [-0.1, -0.05) is 12.1 Å². The summed E-state index contributed by atoms with van der Waals surface area (Å²) in [5, 5.41) is 15.6. The Morgan fingerprint density at radius 1 is 1.07 bits per heavy atom. The second-order valence-electron chi connectivity index (χ2n) is 7.09. The zero-order chi connectivity index (χ0) is 21.4. The van der Waals surface area contributed by atoms with Gasteiger partial charge in [-0.05, 0) is 41.6 Å². The van der Waals surface area contributed by atoms with Crippen LogP contribution in [0.25, 0.3) is 11.4 Å². The molecule has 0 bridgehead atoms. The quantitative estimate of drug-likeness (QED) is 0.647. The number of nitrogens with one attached hydrogen (secondary N) is 1. The zero-order valence-corrected chi connectivity index (χ0v) is 16.1.